The summed E-state index contributed by atoms with van der Waals surface area (Å²) in [7, 11) is -4.48. The van der Waals surface area contributed by atoms with Crippen molar-refractivity contribution in [3.05, 3.63) is 59.1 Å². The highest BCUT2D eigenvalue weighted by Crippen LogP contribution is 2.35. The lowest BCUT2D eigenvalue weighted by Gasteiger charge is -2.21. The molecule has 5 unspecified atom stereocenters. The van der Waals surface area contributed by atoms with Crippen molar-refractivity contribution in [1.82, 2.24) is 19.3 Å². The molecule has 2 fully saturated rings. The molecule has 286 valence electrons. The monoisotopic (exact) mass is 784 g/mol. The van der Waals surface area contributed by atoms with E-state index in [0.717, 1.165) is 28.3 Å². The number of halogens is 1. The van der Waals surface area contributed by atoms with Crippen molar-refractivity contribution in [2.45, 2.75) is 101 Å². The number of nitrogens with one attached hydrogen (secondary N) is 1. The van der Waals surface area contributed by atoms with Gasteiger partial charge in [-0.05, 0) is 74.0 Å². The lowest BCUT2D eigenvalue weighted by Crippen LogP contribution is -2.36. The summed E-state index contributed by atoms with van der Waals surface area (Å²) in [6.07, 6.45) is -2.13. The number of pyridine rings is 1. The van der Waals surface area contributed by atoms with Gasteiger partial charge in [0.15, 0.2) is 11.8 Å². The first-order chi connectivity index (χ1) is 24.9. The molecule has 0 aliphatic carbocycles. The first kappa shape index (κ1) is 39.2. The Labute approximate surface area is 317 Å². The predicted molar refractivity (Wildman–Crippen MR) is 210 cm³/mol. The number of fused-ring (bicyclic) bond motifs is 2. The molecule has 2 N–H and O–H groups in total. The van der Waals surface area contributed by atoms with Crippen molar-refractivity contribution >= 4 is 52.5 Å². The normalized spacial score (nSPS) is 21.4. The molecule has 2 aliphatic heterocycles. The molecule has 2 saturated heterocycles. The standard InChI is InChI=1S/C38H49ClN4O8SSi/c1-9-23-18-26(52(5,46)42-37(45)51-38(2,3)4)14-15-27(23)24-10-12-25(13-11-24)32-28(39)19-29-35(41-32)43(22-47-16-17-53(6,7)8)36(40-29)50-31-21-49-33-30(44)20-48-34(31)33/h10-15,18-19,30-31,33-34,44H,5,9,16-17,20-22H2,1-4,6-8H3,(H,42,45,46). The van der Waals surface area contributed by atoms with E-state index < -0.39 is 53.9 Å². The van der Waals surface area contributed by atoms with Crippen molar-refractivity contribution in [2.24, 2.45) is 0 Å². The predicted octanol–water partition coefficient (Wildman–Crippen LogP) is 6.71. The van der Waals surface area contributed by atoms with Gasteiger partial charge in [0.25, 0.3) is 0 Å². The van der Waals surface area contributed by atoms with Crippen molar-refractivity contribution < 1.29 is 37.8 Å². The quantitative estimate of drug-likeness (QED) is 0.0904. The van der Waals surface area contributed by atoms with Crippen molar-refractivity contribution in [2.75, 3.05) is 19.8 Å². The maximum atomic E-state index is 13.4. The number of benzene rings is 2. The number of hydrogen-bond acceptors (Lipinski definition) is 10. The minimum Gasteiger partial charge on any atom is -0.456 e. The highest BCUT2D eigenvalue weighted by molar-refractivity contribution is 7.99. The second-order valence-corrected chi connectivity index (χ2v) is 23.7. The van der Waals surface area contributed by atoms with Crippen molar-refractivity contribution in [3.63, 3.8) is 0 Å². The molecule has 4 heterocycles. The largest absolute Gasteiger partial charge is 0.456 e. The van der Waals surface area contributed by atoms with Gasteiger partial charge in [0, 0.05) is 25.1 Å². The lowest BCUT2D eigenvalue weighted by molar-refractivity contribution is 0.00336. The van der Waals surface area contributed by atoms with Crippen LogP contribution in [0.4, 0.5) is 4.79 Å². The van der Waals surface area contributed by atoms with Gasteiger partial charge in [0.1, 0.15) is 36.2 Å². The van der Waals surface area contributed by atoms with Crippen LogP contribution in [0.5, 0.6) is 6.01 Å². The van der Waals surface area contributed by atoms with Gasteiger partial charge >= 0.3 is 12.1 Å². The Morgan fingerprint density at radius 3 is 2.45 bits per heavy atom. The van der Waals surface area contributed by atoms with Gasteiger partial charge in [-0.25, -0.2) is 18.7 Å². The van der Waals surface area contributed by atoms with Crippen LogP contribution in [-0.4, -0.2) is 93.7 Å². The second-order valence-electron chi connectivity index (χ2n) is 15.7. The summed E-state index contributed by atoms with van der Waals surface area (Å²) < 4.78 is 47.1. The van der Waals surface area contributed by atoms with Gasteiger partial charge in [-0.1, -0.05) is 68.5 Å². The van der Waals surface area contributed by atoms with Crippen LogP contribution in [0.3, 0.4) is 0 Å². The topological polar surface area (TPSA) is 143 Å². The summed E-state index contributed by atoms with van der Waals surface area (Å²) in [6, 6.07) is 16.4. The summed E-state index contributed by atoms with van der Waals surface area (Å²) in [5, 5.41) is 10.7. The highest BCUT2D eigenvalue weighted by atomic mass is 35.5. The molecule has 1 amide bonds. The van der Waals surface area contributed by atoms with Crippen LogP contribution in [0.1, 0.15) is 33.3 Å². The number of rotatable bonds is 12. The third kappa shape index (κ3) is 9.07. The van der Waals surface area contributed by atoms with Crippen LogP contribution in [0.15, 0.2) is 53.4 Å². The number of carbonyl (C=O) groups is 1. The average molecular weight is 785 g/mol. The molecule has 0 radical (unpaired) electrons. The smallest absolute Gasteiger partial charge is 0.419 e. The summed E-state index contributed by atoms with van der Waals surface area (Å²) in [5.74, 6) is 3.80. The van der Waals surface area contributed by atoms with Gasteiger partial charge in [-0.15, -0.1) is 0 Å². The molecule has 53 heavy (non-hydrogen) atoms. The number of aliphatic hydroxyl groups is 1. The molecule has 5 atom stereocenters. The summed E-state index contributed by atoms with van der Waals surface area (Å²) in [4.78, 5) is 22.5. The molecule has 0 spiro atoms. The van der Waals surface area contributed by atoms with Gasteiger partial charge in [0.2, 0.25) is 0 Å². The number of amides is 1. The highest BCUT2D eigenvalue weighted by Gasteiger charge is 2.49. The molecule has 15 heteroatoms. The number of imidazole rings is 1. The first-order valence-electron chi connectivity index (χ1n) is 17.8. The summed E-state index contributed by atoms with van der Waals surface area (Å²) in [6.45, 7) is 15.4. The van der Waals surface area contributed by atoms with Gasteiger partial charge in [-0.3, -0.25) is 4.57 Å². The van der Waals surface area contributed by atoms with E-state index in [-0.39, 0.29) is 19.9 Å². The third-order valence-electron chi connectivity index (χ3n) is 9.05. The van der Waals surface area contributed by atoms with Crippen LogP contribution >= 0.6 is 11.6 Å². The minimum atomic E-state index is -3.15. The van der Waals surface area contributed by atoms with Crippen LogP contribution in [-0.2, 0) is 41.8 Å². The number of aromatic nitrogens is 3. The molecule has 0 saturated carbocycles. The fraction of sp³-hybridized carbons (Fsp3) is 0.474. The van der Waals surface area contributed by atoms with E-state index in [2.05, 4.69) is 30.2 Å². The Morgan fingerprint density at radius 1 is 1.08 bits per heavy atom. The molecular formula is C38H49ClN4O8SSi. The number of carbonyl (C=O) groups excluding carboxylic acids is 1. The Kier molecular flexibility index (Phi) is 11.3. The number of ether oxygens (including phenoxy) is 5. The average Bonchev–Trinajstić information content (AvgIpc) is 3.75. The number of aliphatic hydroxyl groups excluding tert-OH is 1. The zero-order valence-electron chi connectivity index (χ0n) is 31.3. The molecule has 2 aromatic carbocycles. The molecule has 2 aromatic heterocycles. The molecule has 0 bridgehead atoms. The Morgan fingerprint density at radius 2 is 1.77 bits per heavy atom. The van der Waals surface area contributed by atoms with Crippen LogP contribution < -0.4 is 9.46 Å². The van der Waals surface area contributed by atoms with E-state index in [1.165, 1.54) is 0 Å². The molecule has 12 nitrogen and oxygen atoms in total. The Hall–Kier alpha value is -3.50. The Balaban J connectivity index is 1.27. The maximum absolute atomic E-state index is 13.4. The zero-order valence-corrected chi connectivity index (χ0v) is 33.9. The number of aryl methyl sites for hydroxylation is 1. The van der Waals surface area contributed by atoms with Crippen LogP contribution in [0.2, 0.25) is 30.7 Å². The Bertz CT molecular complexity index is 2080. The second kappa shape index (κ2) is 15.3. The van der Waals surface area contributed by atoms with E-state index in [9.17, 15) is 14.1 Å². The van der Waals surface area contributed by atoms with Crippen molar-refractivity contribution in [1.29, 1.82) is 0 Å². The van der Waals surface area contributed by atoms with E-state index in [4.69, 9.17) is 45.3 Å². The zero-order chi connectivity index (χ0) is 38.3. The SMILES string of the molecule is C=S(=O)(NC(=O)OC(C)(C)C)c1ccc(-c2ccc(-c3nc4c(cc3Cl)nc(OC3COC5C(O)COC35)n4COCC[Si](C)(C)C)cc2)c(CC)c1. The van der Waals surface area contributed by atoms with Crippen LogP contribution in [0.25, 0.3) is 33.5 Å². The maximum Gasteiger partial charge on any atom is 0.419 e. The molecule has 4 aromatic rings. The lowest BCUT2D eigenvalue weighted by atomic mass is 9.97. The van der Waals surface area contributed by atoms with E-state index in [0.29, 0.717) is 45.8 Å². The fourth-order valence-corrected chi connectivity index (χ4v) is 8.34. The molecular weight excluding hydrogens is 736 g/mol. The van der Waals surface area contributed by atoms with E-state index >= 15 is 0 Å². The van der Waals surface area contributed by atoms with Crippen LogP contribution in [0, 0.1) is 0 Å². The molecule has 2 aliphatic rings. The summed E-state index contributed by atoms with van der Waals surface area (Å²) >= 11 is 6.85. The fourth-order valence-electron chi connectivity index (χ4n) is 6.28. The van der Waals surface area contributed by atoms with Gasteiger partial charge < -0.3 is 28.8 Å². The van der Waals surface area contributed by atoms with E-state index in [1.54, 1.807) is 37.5 Å². The summed E-state index contributed by atoms with van der Waals surface area (Å²) in [5.41, 5.74) is 4.59. The number of nitrogens with zero attached hydrogens (tertiary/aromatic N) is 3. The number of hydrogen-bond donors (Lipinski definition) is 2. The van der Waals surface area contributed by atoms with E-state index in [1.807, 2.05) is 43.3 Å². The van der Waals surface area contributed by atoms with Crippen molar-refractivity contribution in [3.8, 4) is 28.4 Å². The third-order valence-corrected chi connectivity index (χ3v) is 12.6. The molecule has 6 rings (SSSR count). The van der Waals surface area contributed by atoms with Gasteiger partial charge in [0.05, 0.1) is 33.6 Å². The minimum absolute atomic E-state index is 0.178. The first-order valence-corrected chi connectivity index (χ1v) is 23.6. The van der Waals surface area contributed by atoms with Gasteiger partial charge in [-0.2, -0.15) is 4.98 Å².